The van der Waals surface area contributed by atoms with E-state index in [-0.39, 0.29) is 5.41 Å². The molecule has 2 aliphatic carbocycles. The third-order valence-electron chi connectivity index (χ3n) is 13.6. The van der Waals surface area contributed by atoms with Crippen molar-refractivity contribution in [3.8, 4) is 78.0 Å². The van der Waals surface area contributed by atoms with Gasteiger partial charge in [0.15, 0.2) is 0 Å². The molecule has 0 radical (unpaired) electrons. The van der Waals surface area contributed by atoms with E-state index in [1.54, 1.807) is 0 Å². The summed E-state index contributed by atoms with van der Waals surface area (Å²) in [5.41, 5.74) is 21.9. The van der Waals surface area contributed by atoms with Gasteiger partial charge in [-0.05, 0) is 124 Å². The molecule has 0 N–H and O–H groups in total. The first kappa shape index (κ1) is 34.2. The van der Waals surface area contributed by atoms with Crippen LogP contribution in [-0.4, -0.2) is 9.97 Å². The summed E-state index contributed by atoms with van der Waals surface area (Å²) in [6.07, 6.45) is 1.85. The molecule has 0 saturated heterocycles. The Bertz CT molecular complexity index is 3560. The van der Waals surface area contributed by atoms with Crippen molar-refractivity contribution in [1.82, 2.24) is 9.97 Å². The molecule has 2 aliphatic rings. The second-order valence-corrected chi connectivity index (χ2v) is 17.2. The smallest absolute Gasteiger partial charge is 0.0972 e. The maximum Gasteiger partial charge on any atom is 0.0972 e. The van der Waals surface area contributed by atoms with Crippen molar-refractivity contribution in [1.29, 1.82) is 0 Å². The summed E-state index contributed by atoms with van der Waals surface area (Å²) in [6.45, 7) is 4.75. The summed E-state index contributed by atoms with van der Waals surface area (Å²) in [7, 11) is 0. The van der Waals surface area contributed by atoms with E-state index in [0.717, 1.165) is 33.1 Å². The van der Waals surface area contributed by atoms with Gasteiger partial charge in [-0.1, -0.05) is 178 Å². The standard InChI is InChI=1S/C59H38N2/c1-59(2)49-33-39(24-27-42(49)43-28-25-40(34-50(43)59)51-31-26-38-23-22-37-17-12-32-60-57(37)58(38)61-51)41-29-30-48-54-44(41)20-11-21-47(54)55-52(35-13-5-3-6-14-35)45-18-9-10-19-46(45)53(56(48)55)36-15-7-4-8-16-36/h3-34H,1-2H3. The first-order chi connectivity index (χ1) is 30.0. The first-order valence-electron chi connectivity index (χ1n) is 21.2. The Hall–Kier alpha value is -7.68. The molecular weight excluding hydrogens is 737 g/mol. The zero-order chi connectivity index (χ0) is 40.4. The predicted molar refractivity (Wildman–Crippen MR) is 256 cm³/mol. The van der Waals surface area contributed by atoms with Crippen molar-refractivity contribution in [2.75, 3.05) is 0 Å². The zero-order valence-electron chi connectivity index (χ0n) is 33.9. The molecule has 0 unspecified atom stereocenters. The van der Waals surface area contributed by atoms with Crippen molar-refractivity contribution in [3.63, 3.8) is 0 Å². The van der Waals surface area contributed by atoms with Crippen LogP contribution >= 0.6 is 0 Å². The molecule has 284 valence electrons. The molecule has 2 heterocycles. The summed E-state index contributed by atoms with van der Waals surface area (Å²) >= 11 is 0. The lowest BCUT2D eigenvalue weighted by Crippen LogP contribution is -2.15. The molecule has 61 heavy (non-hydrogen) atoms. The van der Waals surface area contributed by atoms with E-state index in [9.17, 15) is 0 Å². The number of hydrogen-bond donors (Lipinski definition) is 0. The molecule has 0 spiro atoms. The van der Waals surface area contributed by atoms with Gasteiger partial charge in [0.05, 0.1) is 16.7 Å². The Morgan fingerprint density at radius 3 is 1.59 bits per heavy atom. The van der Waals surface area contributed by atoms with E-state index in [1.807, 2.05) is 12.3 Å². The molecule has 2 aromatic heterocycles. The lowest BCUT2D eigenvalue weighted by Gasteiger charge is -2.23. The molecule has 0 saturated carbocycles. The Kier molecular flexibility index (Phi) is 7.10. The van der Waals surface area contributed by atoms with Crippen LogP contribution in [0.4, 0.5) is 0 Å². The maximum atomic E-state index is 5.21. The minimum atomic E-state index is -0.206. The van der Waals surface area contributed by atoms with Crippen molar-refractivity contribution < 1.29 is 0 Å². The van der Waals surface area contributed by atoms with Crippen molar-refractivity contribution in [2.24, 2.45) is 0 Å². The molecule has 0 aliphatic heterocycles. The van der Waals surface area contributed by atoms with E-state index in [4.69, 9.17) is 9.97 Å². The molecule has 2 heteroatoms. The van der Waals surface area contributed by atoms with Crippen LogP contribution in [0.5, 0.6) is 0 Å². The highest BCUT2D eigenvalue weighted by Crippen LogP contribution is 2.59. The van der Waals surface area contributed by atoms with Crippen LogP contribution in [0.2, 0.25) is 0 Å². The summed E-state index contributed by atoms with van der Waals surface area (Å²) in [5, 5.41) is 7.38. The zero-order valence-corrected chi connectivity index (χ0v) is 33.9. The predicted octanol–water partition coefficient (Wildman–Crippen LogP) is 15.7. The third-order valence-corrected chi connectivity index (χ3v) is 13.6. The number of nitrogens with zero attached hydrogens (tertiary/aromatic N) is 2. The van der Waals surface area contributed by atoms with Gasteiger partial charge >= 0.3 is 0 Å². The van der Waals surface area contributed by atoms with E-state index in [1.165, 1.54) is 99.4 Å². The van der Waals surface area contributed by atoms with E-state index < -0.39 is 0 Å². The monoisotopic (exact) mass is 774 g/mol. The molecule has 2 nitrogen and oxygen atoms in total. The van der Waals surface area contributed by atoms with Gasteiger partial charge in [-0.3, -0.25) is 4.98 Å². The largest absolute Gasteiger partial charge is 0.254 e. The SMILES string of the molecule is CC1(C)c2cc(-c3ccc4ccc5cccnc5c4n3)ccc2-c2ccc(-c3ccc4c5c(cccc35)-c3c-4c(-c4ccccc4)c4ccccc4c3-c3ccccc3)cc21. The van der Waals surface area contributed by atoms with Crippen molar-refractivity contribution >= 4 is 43.4 Å². The number of rotatable bonds is 4. The molecule has 11 aromatic rings. The lowest BCUT2D eigenvalue weighted by molar-refractivity contribution is 0.661. The summed E-state index contributed by atoms with van der Waals surface area (Å²) in [5.74, 6) is 0. The second-order valence-electron chi connectivity index (χ2n) is 17.2. The van der Waals surface area contributed by atoms with Gasteiger partial charge in [0.2, 0.25) is 0 Å². The van der Waals surface area contributed by atoms with Gasteiger partial charge in [0.25, 0.3) is 0 Å². The van der Waals surface area contributed by atoms with Crippen LogP contribution in [0.1, 0.15) is 25.0 Å². The van der Waals surface area contributed by atoms with Crippen LogP contribution in [0.15, 0.2) is 194 Å². The van der Waals surface area contributed by atoms with E-state index in [2.05, 4.69) is 196 Å². The summed E-state index contributed by atoms with van der Waals surface area (Å²) in [6, 6.07) is 69.4. The maximum absolute atomic E-state index is 5.21. The fraction of sp³-hybridized carbons (Fsp3) is 0.0508. The number of aromatic nitrogens is 2. The third kappa shape index (κ3) is 4.85. The quantitative estimate of drug-likeness (QED) is 0.166. The number of fused-ring (bicyclic) bond motifs is 10. The average Bonchev–Trinajstić information content (AvgIpc) is 3.76. The summed E-state index contributed by atoms with van der Waals surface area (Å²) in [4.78, 5) is 9.92. The highest BCUT2D eigenvalue weighted by molar-refractivity contribution is 6.28. The normalized spacial score (nSPS) is 13.2. The topological polar surface area (TPSA) is 25.8 Å². The highest BCUT2D eigenvalue weighted by atomic mass is 14.8. The van der Waals surface area contributed by atoms with Crippen LogP contribution in [0.25, 0.3) is 121 Å². The lowest BCUT2D eigenvalue weighted by atomic mass is 9.80. The molecule has 0 atom stereocenters. The number of pyridine rings is 2. The van der Waals surface area contributed by atoms with Crippen molar-refractivity contribution in [3.05, 3.63) is 205 Å². The van der Waals surface area contributed by atoms with Gasteiger partial charge in [-0.2, -0.15) is 0 Å². The van der Waals surface area contributed by atoms with Crippen LogP contribution in [0, 0.1) is 0 Å². The average molecular weight is 775 g/mol. The Labute approximate surface area is 354 Å². The first-order valence-corrected chi connectivity index (χ1v) is 21.2. The van der Waals surface area contributed by atoms with Gasteiger partial charge in [-0.25, -0.2) is 4.98 Å². The molecule has 9 aromatic carbocycles. The van der Waals surface area contributed by atoms with E-state index >= 15 is 0 Å². The molecule has 0 fully saturated rings. The summed E-state index contributed by atoms with van der Waals surface area (Å²) < 4.78 is 0. The van der Waals surface area contributed by atoms with Crippen LogP contribution in [-0.2, 0) is 5.41 Å². The fourth-order valence-electron chi connectivity index (χ4n) is 10.8. The minimum Gasteiger partial charge on any atom is -0.254 e. The molecule has 13 rings (SSSR count). The highest BCUT2D eigenvalue weighted by Gasteiger charge is 2.37. The second kappa shape index (κ2) is 12.7. The van der Waals surface area contributed by atoms with E-state index in [0.29, 0.717) is 0 Å². The van der Waals surface area contributed by atoms with Crippen LogP contribution < -0.4 is 0 Å². The van der Waals surface area contributed by atoms with Gasteiger partial charge in [0, 0.05) is 27.9 Å². The molecule has 0 bridgehead atoms. The molecule has 0 amide bonds. The minimum absolute atomic E-state index is 0.206. The van der Waals surface area contributed by atoms with Crippen molar-refractivity contribution in [2.45, 2.75) is 19.3 Å². The fourth-order valence-corrected chi connectivity index (χ4v) is 10.8. The van der Waals surface area contributed by atoms with Gasteiger partial charge in [-0.15, -0.1) is 0 Å². The van der Waals surface area contributed by atoms with Gasteiger partial charge < -0.3 is 0 Å². The van der Waals surface area contributed by atoms with Crippen LogP contribution in [0.3, 0.4) is 0 Å². The number of hydrogen-bond acceptors (Lipinski definition) is 2. The van der Waals surface area contributed by atoms with Gasteiger partial charge in [0.1, 0.15) is 0 Å². The number of benzene rings is 9. The Balaban J connectivity index is 0.971. The Morgan fingerprint density at radius 1 is 0.361 bits per heavy atom. The molecular formula is C59H38N2. The Morgan fingerprint density at radius 2 is 0.902 bits per heavy atom.